The fraction of sp³-hybridized carbons (Fsp3) is 0.647. The van der Waals surface area contributed by atoms with Crippen molar-refractivity contribution in [1.29, 1.82) is 0 Å². The first-order valence-corrected chi connectivity index (χ1v) is 8.30. The Bertz CT molecular complexity index is 470. The van der Waals surface area contributed by atoms with Crippen molar-refractivity contribution in [2.45, 2.75) is 59.7 Å². The molecule has 0 fully saturated rings. The topological polar surface area (TPSA) is 41.5 Å². The van der Waals surface area contributed by atoms with Crippen molar-refractivity contribution in [1.82, 2.24) is 5.32 Å². The third kappa shape index (κ3) is 5.61. The molecule has 1 rings (SSSR count). The summed E-state index contributed by atoms with van der Waals surface area (Å²) in [6, 6.07) is 4.52. The third-order valence-electron chi connectivity index (χ3n) is 3.77. The van der Waals surface area contributed by atoms with Crippen molar-refractivity contribution >= 4 is 15.9 Å². The van der Waals surface area contributed by atoms with Crippen LogP contribution in [0, 0.1) is 12.8 Å². The van der Waals surface area contributed by atoms with Crippen LogP contribution in [0.25, 0.3) is 0 Å². The average Bonchev–Trinajstić information content (AvgIpc) is 2.34. The van der Waals surface area contributed by atoms with E-state index in [4.69, 9.17) is 4.74 Å². The molecule has 1 unspecified atom stereocenters. The van der Waals surface area contributed by atoms with Crippen molar-refractivity contribution in [3.63, 3.8) is 0 Å². The van der Waals surface area contributed by atoms with Gasteiger partial charge in [0.1, 0.15) is 12.4 Å². The molecule has 4 heteroatoms. The monoisotopic (exact) mass is 357 g/mol. The van der Waals surface area contributed by atoms with Crippen molar-refractivity contribution < 1.29 is 9.84 Å². The molecule has 120 valence electrons. The second-order valence-corrected chi connectivity index (χ2v) is 7.46. The molecule has 0 aliphatic carbocycles. The van der Waals surface area contributed by atoms with Gasteiger partial charge in [-0.25, -0.2) is 0 Å². The Morgan fingerprint density at radius 3 is 2.43 bits per heavy atom. The fourth-order valence-electron chi connectivity index (χ4n) is 1.84. The number of hydrogen-bond donors (Lipinski definition) is 2. The van der Waals surface area contributed by atoms with Crippen LogP contribution in [0.15, 0.2) is 16.6 Å². The number of hydrogen-bond acceptors (Lipinski definition) is 3. The number of aliphatic hydroxyl groups is 1. The van der Waals surface area contributed by atoms with E-state index < -0.39 is 5.60 Å². The predicted octanol–water partition coefficient (Wildman–Crippen LogP) is 4.04. The van der Waals surface area contributed by atoms with Gasteiger partial charge in [0.15, 0.2) is 0 Å². The smallest absolute Gasteiger partial charge is 0.126 e. The van der Waals surface area contributed by atoms with Crippen LogP contribution in [0.4, 0.5) is 0 Å². The van der Waals surface area contributed by atoms with Gasteiger partial charge in [-0.05, 0) is 37.5 Å². The van der Waals surface area contributed by atoms with Gasteiger partial charge in [0.2, 0.25) is 0 Å². The predicted molar refractivity (Wildman–Crippen MR) is 91.8 cm³/mol. The lowest BCUT2D eigenvalue weighted by Gasteiger charge is -2.28. The molecule has 1 aromatic carbocycles. The zero-order valence-electron chi connectivity index (χ0n) is 14.0. The lowest BCUT2D eigenvalue weighted by molar-refractivity contribution is -0.0270. The third-order valence-corrected chi connectivity index (χ3v) is 4.23. The van der Waals surface area contributed by atoms with Crippen LogP contribution in [-0.4, -0.2) is 23.4 Å². The molecule has 0 heterocycles. The van der Waals surface area contributed by atoms with Crippen LogP contribution in [-0.2, 0) is 6.54 Å². The highest BCUT2D eigenvalue weighted by atomic mass is 79.9. The summed E-state index contributed by atoms with van der Waals surface area (Å²) < 4.78 is 7.02. The molecule has 21 heavy (non-hydrogen) atoms. The standard InChI is InChI=1S/C17H28BrNO2/c1-11(2)17(6,20)10-21-16-13(5)7-15(18)8-14(16)9-19-12(3)4/h7-8,11-12,19-20H,9-10H2,1-6H3. The molecule has 0 bridgehead atoms. The van der Waals surface area contributed by atoms with Crippen molar-refractivity contribution in [2.75, 3.05) is 6.61 Å². The van der Waals surface area contributed by atoms with E-state index in [-0.39, 0.29) is 5.92 Å². The van der Waals surface area contributed by atoms with E-state index in [2.05, 4.69) is 41.2 Å². The molecule has 1 aromatic rings. The van der Waals surface area contributed by atoms with Crippen LogP contribution in [0.2, 0.25) is 0 Å². The Morgan fingerprint density at radius 2 is 1.90 bits per heavy atom. The van der Waals surface area contributed by atoms with Gasteiger partial charge in [-0.3, -0.25) is 0 Å². The van der Waals surface area contributed by atoms with E-state index in [0.717, 1.165) is 27.9 Å². The zero-order chi connectivity index (χ0) is 16.2. The molecule has 0 amide bonds. The summed E-state index contributed by atoms with van der Waals surface area (Å²) in [4.78, 5) is 0. The molecular weight excluding hydrogens is 330 g/mol. The van der Waals surface area contributed by atoms with Crippen LogP contribution in [0.3, 0.4) is 0 Å². The summed E-state index contributed by atoms with van der Waals surface area (Å²) in [5, 5.41) is 13.8. The van der Waals surface area contributed by atoms with E-state index in [9.17, 15) is 5.11 Å². The number of benzene rings is 1. The van der Waals surface area contributed by atoms with E-state index in [1.165, 1.54) is 0 Å². The molecule has 3 nitrogen and oxygen atoms in total. The number of aryl methyl sites for hydroxylation is 1. The van der Waals surface area contributed by atoms with E-state index in [1.54, 1.807) is 0 Å². The van der Waals surface area contributed by atoms with Gasteiger partial charge in [0, 0.05) is 22.6 Å². The maximum Gasteiger partial charge on any atom is 0.126 e. The Morgan fingerprint density at radius 1 is 1.29 bits per heavy atom. The first-order chi connectivity index (χ1) is 9.63. The Balaban J connectivity index is 2.94. The highest BCUT2D eigenvalue weighted by molar-refractivity contribution is 9.10. The normalized spacial score (nSPS) is 14.6. The maximum absolute atomic E-state index is 10.4. The van der Waals surface area contributed by atoms with Crippen molar-refractivity contribution in [2.24, 2.45) is 5.92 Å². The summed E-state index contributed by atoms with van der Waals surface area (Å²) in [5.41, 5.74) is 1.35. The van der Waals surface area contributed by atoms with Gasteiger partial charge >= 0.3 is 0 Å². The number of halogens is 1. The largest absolute Gasteiger partial charge is 0.490 e. The van der Waals surface area contributed by atoms with Crippen LogP contribution >= 0.6 is 15.9 Å². The molecule has 0 spiro atoms. The van der Waals surface area contributed by atoms with Gasteiger partial charge in [-0.1, -0.05) is 43.6 Å². The van der Waals surface area contributed by atoms with E-state index in [0.29, 0.717) is 12.6 Å². The number of rotatable bonds is 7. The minimum Gasteiger partial charge on any atom is -0.490 e. The summed E-state index contributed by atoms with van der Waals surface area (Å²) in [6.07, 6.45) is 0. The second kappa shape index (κ2) is 7.61. The molecule has 0 aliphatic heterocycles. The Hall–Kier alpha value is -0.580. The van der Waals surface area contributed by atoms with Gasteiger partial charge in [-0.2, -0.15) is 0 Å². The second-order valence-electron chi connectivity index (χ2n) is 6.55. The average molecular weight is 358 g/mol. The molecule has 0 aliphatic rings. The van der Waals surface area contributed by atoms with Gasteiger partial charge < -0.3 is 15.2 Å². The van der Waals surface area contributed by atoms with Gasteiger partial charge in [0.05, 0.1) is 5.60 Å². The van der Waals surface area contributed by atoms with Crippen LogP contribution < -0.4 is 10.1 Å². The lowest BCUT2D eigenvalue weighted by atomic mass is 9.93. The summed E-state index contributed by atoms with van der Waals surface area (Å²) in [7, 11) is 0. The molecule has 0 saturated heterocycles. The van der Waals surface area contributed by atoms with E-state index in [1.807, 2.05) is 33.8 Å². The molecular formula is C17H28BrNO2. The molecule has 0 saturated carbocycles. The van der Waals surface area contributed by atoms with Crippen LogP contribution in [0.1, 0.15) is 45.7 Å². The summed E-state index contributed by atoms with van der Waals surface area (Å²) in [5.74, 6) is 1.01. The highest BCUT2D eigenvalue weighted by Crippen LogP contribution is 2.29. The molecule has 2 N–H and O–H groups in total. The minimum atomic E-state index is -0.831. The minimum absolute atomic E-state index is 0.144. The molecule has 0 aromatic heterocycles. The van der Waals surface area contributed by atoms with Crippen molar-refractivity contribution in [3.8, 4) is 5.75 Å². The zero-order valence-corrected chi connectivity index (χ0v) is 15.5. The molecule has 1 atom stereocenters. The quantitative estimate of drug-likeness (QED) is 0.773. The van der Waals surface area contributed by atoms with Gasteiger partial charge in [-0.15, -0.1) is 0 Å². The lowest BCUT2D eigenvalue weighted by Crippen LogP contribution is -2.38. The van der Waals surface area contributed by atoms with Gasteiger partial charge in [0.25, 0.3) is 0 Å². The fourth-order valence-corrected chi connectivity index (χ4v) is 2.46. The Labute approximate surface area is 137 Å². The summed E-state index contributed by atoms with van der Waals surface area (Å²) in [6.45, 7) is 13.1. The number of ether oxygens (including phenoxy) is 1. The highest BCUT2D eigenvalue weighted by Gasteiger charge is 2.26. The van der Waals surface area contributed by atoms with Crippen LogP contribution in [0.5, 0.6) is 5.75 Å². The maximum atomic E-state index is 10.4. The summed E-state index contributed by atoms with van der Waals surface area (Å²) >= 11 is 3.54. The van der Waals surface area contributed by atoms with Crippen molar-refractivity contribution in [3.05, 3.63) is 27.7 Å². The SMILES string of the molecule is Cc1cc(Br)cc(CNC(C)C)c1OCC(C)(O)C(C)C. The number of nitrogens with one attached hydrogen (secondary N) is 1. The van der Waals surface area contributed by atoms with E-state index >= 15 is 0 Å². The first kappa shape index (κ1) is 18.5. The molecule has 0 radical (unpaired) electrons. The Kier molecular flexibility index (Phi) is 6.70. The first-order valence-electron chi connectivity index (χ1n) is 7.51.